The molecule has 0 saturated heterocycles. The van der Waals surface area contributed by atoms with Crippen molar-refractivity contribution in [3.63, 3.8) is 0 Å². The normalized spacial score (nSPS) is 12.8. The van der Waals surface area contributed by atoms with E-state index in [0.29, 0.717) is 26.4 Å². The third-order valence-corrected chi connectivity index (χ3v) is 6.21. The molecule has 0 radical (unpaired) electrons. The molecular formula is C14H30N4O3Si. The minimum absolute atomic E-state index is 0.0846. The molecule has 0 aromatic carbocycles. The number of aromatic nitrogens is 4. The summed E-state index contributed by atoms with van der Waals surface area (Å²) in [6, 6.07) is 0.759. The molecule has 1 rings (SSSR count). The van der Waals surface area contributed by atoms with Gasteiger partial charge in [-0.15, -0.1) is 10.2 Å². The first-order valence-electron chi connectivity index (χ1n) is 8.07. The summed E-state index contributed by atoms with van der Waals surface area (Å²) in [5, 5.41) is 12.6. The fourth-order valence-electron chi connectivity index (χ4n) is 2.08. The van der Waals surface area contributed by atoms with Gasteiger partial charge in [0.2, 0.25) is 0 Å². The molecule has 0 aliphatic rings. The van der Waals surface area contributed by atoms with Crippen molar-refractivity contribution in [1.29, 1.82) is 0 Å². The van der Waals surface area contributed by atoms with Crippen LogP contribution in [-0.2, 0) is 25.2 Å². The molecule has 0 atom stereocenters. The maximum Gasteiger partial charge on any atom is 0.500 e. The summed E-state index contributed by atoms with van der Waals surface area (Å²) in [4.78, 5) is 1.64. The van der Waals surface area contributed by atoms with Crippen LogP contribution in [0.5, 0.6) is 0 Å². The van der Waals surface area contributed by atoms with E-state index in [1.807, 2.05) is 20.8 Å². The zero-order chi connectivity index (χ0) is 16.6. The van der Waals surface area contributed by atoms with E-state index in [2.05, 4.69) is 36.2 Å². The Morgan fingerprint density at radius 1 is 1.00 bits per heavy atom. The van der Waals surface area contributed by atoms with Gasteiger partial charge in [0, 0.05) is 31.3 Å². The Balaban J connectivity index is 2.59. The molecule has 0 N–H and O–H groups in total. The average Bonchev–Trinajstić information content (AvgIpc) is 2.88. The van der Waals surface area contributed by atoms with Crippen LogP contribution in [-0.4, -0.2) is 48.8 Å². The quantitative estimate of drug-likeness (QED) is 0.614. The average molecular weight is 331 g/mol. The molecule has 0 bridgehead atoms. The van der Waals surface area contributed by atoms with E-state index in [-0.39, 0.29) is 5.41 Å². The summed E-state index contributed by atoms with van der Waals surface area (Å²) in [7, 11) is -2.57. The fraction of sp³-hybridized carbons (Fsp3) is 0.929. The molecule has 8 heteroatoms. The van der Waals surface area contributed by atoms with E-state index in [9.17, 15) is 0 Å². The molecular weight excluding hydrogens is 300 g/mol. The van der Waals surface area contributed by atoms with E-state index in [4.69, 9.17) is 13.3 Å². The van der Waals surface area contributed by atoms with Gasteiger partial charge in [0.05, 0.1) is 6.54 Å². The second-order valence-electron chi connectivity index (χ2n) is 6.04. The lowest BCUT2D eigenvalue weighted by molar-refractivity contribution is 0.0703. The van der Waals surface area contributed by atoms with Crippen LogP contribution in [0.3, 0.4) is 0 Å². The molecule has 1 aromatic rings. The first-order valence-corrected chi connectivity index (χ1v) is 10.00. The van der Waals surface area contributed by atoms with Gasteiger partial charge in [0.25, 0.3) is 0 Å². The van der Waals surface area contributed by atoms with Gasteiger partial charge in [-0.1, -0.05) is 20.8 Å². The Kier molecular flexibility index (Phi) is 7.61. The van der Waals surface area contributed by atoms with Crippen LogP contribution < -0.4 is 0 Å². The van der Waals surface area contributed by atoms with E-state index in [0.717, 1.165) is 18.3 Å². The summed E-state index contributed by atoms with van der Waals surface area (Å²) in [5.74, 6) is 0.760. The van der Waals surface area contributed by atoms with Crippen molar-refractivity contribution < 1.29 is 13.3 Å². The van der Waals surface area contributed by atoms with Crippen LogP contribution >= 0.6 is 0 Å². The fourth-order valence-corrected chi connectivity index (χ4v) is 4.67. The molecule has 0 aliphatic heterocycles. The van der Waals surface area contributed by atoms with E-state index in [1.54, 1.807) is 4.80 Å². The molecule has 0 amide bonds. The SMILES string of the molecule is CCO[Si](CCCn1nnc(C(C)(C)C)n1)(OCC)OCC. The van der Waals surface area contributed by atoms with Gasteiger partial charge < -0.3 is 13.3 Å². The molecule has 1 aromatic heterocycles. The van der Waals surface area contributed by atoms with E-state index >= 15 is 0 Å². The largest absolute Gasteiger partial charge is 0.500 e. The monoisotopic (exact) mass is 330 g/mol. The van der Waals surface area contributed by atoms with Crippen molar-refractivity contribution in [3.05, 3.63) is 5.82 Å². The van der Waals surface area contributed by atoms with Crippen molar-refractivity contribution in [2.75, 3.05) is 19.8 Å². The smallest absolute Gasteiger partial charge is 0.374 e. The molecule has 0 aliphatic carbocycles. The number of tetrazole rings is 1. The summed E-state index contributed by atoms with van der Waals surface area (Å²) in [6.07, 6.45) is 0.839. The Morgan fingerprint density at radius 2 is 1.55 bits per heavy atom. The van der Waals surface area contributed by atoms with Gasteiger partial charge in [0.1, 0.15) is 0 Å². The number of hydrogen-bond acceptors (Lipinski definition) is 6. The van der Waals surface area contributed by atoms with Crippen LogP contribution in [0, 0.1) is 0 Å². The highest BCUT2D eigenvalue weighted by Crippen LogP contribution is 2.19. The lowest BCUT2D eigenvalue weighted by atomic mass is 9.96. The lowest BCUT2D eigenvalue weighted by Crippen LogP contribution is -2.46. The maximum absolute atomic E-state index is 5.84. The molecule has 0 unspecified atom stereocenters. The van der Waals surface area contributed by atoms with Gasteiger partial charge in [-0.25, -0.2) is 0 Å². The van der Waals surface area contributed by atoms with Crippen molar-refractivity contribution in [3.8, 4) is 0 Å². The van der Waals surface area contributed by atoms with Gasteiger partial charge in [-0.05, 0) is 32.4 Å². The lowest BCUT2D eigenvalue weighted by Gasteiger charge is -2.28. The van der Waals surface area contributed by atoms with E-state index in [1.165, 1.54) is 0 Å². The van der Waals surface area contributed by atoms with Crippen LogP contribution in [0.15, 0.2) is 0 Å². The molecule has 1 heterocycles. The van der Waals surface area contributed by atoms with Crippen molar-refractivity contribution in [2.45, 2.75) is 66.0 Å². The topological polar surface area (TPSA) is 71.3 Å². The van der Waals surface area contributed by atoms with Crippen LogP contribution in [0.25, 0.3) is 0 Å². The first-order chi connectivity index (χ1) is 10.4. The Labute approximate surface area is 134 Å². The second-order valence-corrected chi connectivity index (χ2v) is 8.78. The summed E-state index contributed by atoms with van der Waals surface area (Å²) >= 11 is 0. The minimum atomic E-state index is -2.57. The first kappa shape index (κ1) is 19.2. The molecule has 128 valence electrons. The van der Waals surface area contributed by atoms with Crippen molar-refractivity contribution >= 4 is 8.80 Å². The van der Waals surface area contributed by atoms with Gasteiger partial charge >= 0.3 is 8.80 Å². The number of rotatable bonds is 10. The predicted molar refractivity (Wildman–Crippen MR) is 86.6 cm³/mol. The highest BCUT2D eigenvalue weighted by Gasteiger charge is 2.39. The third-order valence-electron chi connectivity index (χ3n) is 3.06. The van der Waals surface area contributed by atoms with Crippen LogP contribution in [0.2, 0.25) is 6.04 Å². The highest BCUT2D eigenvalue weighted by atomic mass is 28.4. The zero-order valence-corrected chi connectivity index (χ0v) is 15.8. The van der Waals surface area contributed by atoms with Gasteiger partial charge in [-0.2, -0.15) is 4.80 Å². The number of hydrogen-bond donors (Lipinski definition) is 0. The number of aryl methyl sites for hydroxylation is 1. The minimum Gasteiger partial charge on any atom is -0.374 e. The predicted octanol–water partition coefficient (Wildman–Crippen LogP) is 2.41. The highest BCUT2D eigenvalue weighted by molar-refractivity contribution is 6.60. The van der Waals surface area contributed by atoms with Gasteiger partial charge in [0.15, 0.2) is 5.82 Å². The Bertz CT molecular complexity index is 417. The Morgan fingerprint density at radius 3 is 1.95 bits per heavy atom. The molecule has 22 heavy (non-hydrogen) atoms. The van der Waals surface area contributed by atoms with Crippen LogP contribution in [0.1, 0.15) is 53.8 Å². The molecule has 0 fully saturated rings. The molecule has 0 saturated carbocycles. The maximum atomic E-state index is 5.84. The van der Waals surface area contributed by atoms with Gasteiger partial charge in [-0.3, -0.25) is 0 Å². The summed E-state index contributed by atoms with van der Waals surface area (Å²) < 4.78 is 17.5. The third kappa shape index (κ3) is 5.75. The standard InChI is InChI=1S/C14H30N4O3Si/c1-7-19-22(20-8-2,21-9-3)12-10-11-18-16-13(15-17-18)14(4,5)6/h7-12H2,1-6H3. The Hall–Kier alpha value is -0.833. The number of nitrogens with zero attached hydrogens (tertiary/aromatic N) is 4. The van der Waals surface area contributed by atoms with Crippen molar-refractivity contribution in [2.24, 2.45) is 0 Å². The van der Waals surface area contributed by atoms with Crippen LogP contribution in [0.4, 0.5) is 0 Å². The summed E-state index contributed by atoms with van der Waals surface area (Å²) in [5.41, 5.74) is -0.0846. The molecule has 7 nitrogen and oxygen atoms in total. The summed E-state index contributed by atoms with van der Waals surface area (Å²) in [6.45, 7) is 14.6. The molecule has 0 spiro atoms. The zero-order valence-electron chi connectivity index (χ0n) is 14.8. The second kappa shape index (κ2) is 8.71. The van der Waals surface area contributed by atoms with Crippen molar-refractivity contribution in [1.82, 2.24) is 20.2 Å². The van der Waals surface area contributed by atoms with E-state index < -0.39 is 8.80 Å².